The smallest absolute Gasteiger partial charge is 0.251 e. The van der Waals surface area contributed by atoms with E-state index in [2.05, 4.69) is 141 Å². The summed E-state index contributed by atoms with van der Waals surface area (Å²) >= 11 is 0. The van der Waals surface area contributed by atoms with Crippen LogP contribution in [0.4, 0.5) is 11.4 Å². The maximum atomic E-state index is 12.7. The van der Waals surface area contributed by atoms with E-state index in [4.69, 9.17) is 5.73 Å². The van der Waals surface area contributed by atoms with E-state index in [1.54, 1.807) is 0 Å². The molecule has 0 aliphatic carbocycles. The highest BCUT2D eigenvalue weighted by molar-refractivity contribution is 6.04. The van der Waals surface area contributed by atoms with Crippen molar-refractivity contribution in [3.63, 3.8) is 0 Å². The highest BCUT2D eigenvalue weighted by atomic mass is 16.1. The van der Waals surface area contributed by atoms with E-state index in [1.165, 1.54) is 33.9 Å². The van der Waals surface area contributed by atoms with E-state index in [-0.39, 0.29) is 16.7 Å². The van der Waals surface area contributed by atoms with Crippen molar-refractivity contribution in [1.82, 2.24) is 5.32 Å². The molecule has 3 aromatic rings. The highest BCUT2D eigenvalue weighted by Gasteiger charge is 2.43. The molecule has 2 heterocycles. The van der Waals surface area contributed by atoms with Gasteiger partial charge in [0.15, 0.2) is 5.71 Å². The van der Waals surface area contributed by atoms with Gasteiger partial charge in [-0.2, -0.15) is 4.58 Å². The topological polar surface area (TPSA) is 61.4 Å². The predicted molar refractivity (Wildman–Crippen MR) is 185 cm³/mol. The number of hydrogen-bond acceptors (Lipinski definition) is 3. The lowest BCUT2D eigenvalue weighted by atomic mass is 9.81. The van der Waals surface area contributed by atoms with Crippen LogP contribution in [0, 0.1) is 0 Å². The van der Waals surface area contributed by atoms with Gasteiger partial charge in [0.2, 0.25) is 5.69 Å². The van der Waals surface area contributed by atoms with Crippen LogP contribution in [0.3, 0.4) is 0 Å². The second-order valence-corrected chi connectivity index (χ2v) is 12.6. The Morgan fingerprint density at radius 1 is 0.886 bits per heavy atom. The minimum atomic E-state index is -0.119. The molecule has 3 N–H and O–H groups in total. The van der Waals surface area contributed by atoms with Crippen molar-refractivity contribution >= 4 is 28.6 Å². The van der Waals surface area contributed by atoms with Crippen molar-refractivity contribution in [2.24, 2.45) is 5.73 Å². The molecule has 0 aromatic heterocycles. The van der Waals surface area contributed by atoms with Gasteiger partial charge in [-0.05, 0) is 87.7 Å². The van der Waals surface area contributed by atoms with E-state index >= 15 is 0 Å². The number of rotatable bonds is 10. The van der Waals surface area contributed by atoms with Crippen LogP contribution < -0.4 is 16.0 Å². The molecule has 2 aliphatic rings. The largest absolute Gasteiger partial charge is 0.352 e. The highest BCUT2D eigenvalue weighted by Crippen LogP contribution is 2.47. The van der Waals surface area contributed by atoms with E-state index in [1.807, 2.05) is 12.1 Å². The number of nitrogens with two attached hydrogens (primary N) is 1. The quantitative estimate of drug-likeness (QED) is 0.147. The molecular weight excluding hydrogens is 540 g/mol. The number of nitrogens with one attached hydrogen (secondary N) is 1. The van der Waals surface area contributed by atoms with Crippen molar-refractivity contribution in [3.05, 3.63) is 125 Å². The van der Waals surface area contributed by atoms with Gasteiger partial charge < -0.3 is 16.0 Å². The molecule has 44 heavy (non-hydrogen) atoms. The first-order valence-corrected chi connectivity index (χ1v) is 16.0. The Hall–Kier alpha value is -4.22. The first-order valence-electron chi connectivity index (χ1n) is 16.0. The molecule has 228 valence electrons. The zero-order valence-corrected chi connectivity index (χ0v) is 27.2. The molecular formula is C39H47N4O+. The monoisotopic (exact) mass is 587 g/mol. The Morgan fingerprint density at radius 2 is 1.55 bits per heavy atom. The molecule has 0 saturated heterocycles. The fourth-order valence-electron chi connectivity index (χ4n) is 6.77. The second kappa shape index (κ2) is 12.8. The maximum absolute atomic E-state index is 12.7. The molecule has 0 radical (unpaired) electrons. The van der Waals surface area contributed by atoms with Crippen molar-refractivity contribution in [2.75, 3.05) is 31.1 Å². The summed E-state index contributed by atoms with van der Waals surface area (Å²) in [4.78, 5) is 15.1. The molecule has 1 amide bonds. The van der Waals surface area contributed by atoms with E-state index in [0.29, 0.717) is 18.7 Å². The molecule has 0 atom stereocenters. The molecule has 0 saturated carbocycles. The van der Waals surface area contributed by atoms with Gasteiger partial charge in [-0.3, -0.25) is 4.79 Å². The van der Waals surface area contributed by atoms with Crippen LogP contribution in [-0.4, -0.2) is 42.4 Å². The van der Waals surface area contributed by atoms with Gasteiger partial charge in [0.05, 0.1) is 5.41 Å². The molecule has 0 fully saturated rings. The average Bonchev–Trinajstić information content (AvgIpc) is 3.39. The van der Waals surface area contributed by atoms with E-state index in [9.17, 15) is 4.79 Å². The average molecular weight is 588 g/mol. The van der Waals surface area contributed by atoms with Crippen LogP contribution in [0.25, 0.3) is 5.57 Å². The number of para-hydroxylation sites is 2. The number of allylic oxidation sites excluding steroid dienone is 6. The number of amides is 1. The summed E-state index contributed by atoms with van der Waals surface area (Å²) in [6.45, 7) is 16.6. The van der Waals surface area contributed by atoms with Gasteiger partial charge in [-0.25, -0.2) is 0 Å². The predicted octanol–water partition coefficient (Wildman–Crippen LogP) is 7.50. The van der Waals surface area contributed by atoms with Crippen LogP contribution >= 0.6 is 0 Å². The lowest BCUT2D eigenvalue weighted by molar-refractivity contribution is -0.433. The summed E-state index contributed by atoms with van der Waals surface area (Å²) < 4.78 is 2.42. The molecule has 0 bridgehead atoms. The van der Waals surface area contributed by atoms with Crippen molar-refractivity contribution in [3.8, 4) is 0 Å². The van der Waals surface area contributed by atoms with Crippen LogP contribution in [0.1, 0.15) is 75.0 Å². The van der Waals surface area contributed by atoms with Gasteiger partial charge in [0, 0.05) is 53.2 Å². The Bertz CT molecular complexity index is 1650. The summed E-state index contributed by atoms with van der Waals surface area (Å²) in [6.07, 6.45) is 9.81. The summed E-state index contributed by atoms with van der Waals surface area (Å²) in [5, 5.41) is 2.96. The van der Waals surface area contributed by atoms with Crippen LogP contribution in [-0.2, 0) is 10.8 Å². The lowest BCUT2D eigenvalue weighted by Gasteiger charge is -2.26. The summed E-state index contributed by atoms with van der Waals surface area (Å²) in [5.74, 6) is -0.0724. The van der Waals surface area contributed by atoms with Gasteiger partial charge in [0.25, 0.3) is 5.91 Å². The minimum Gasteiger partial charge on any atom is -0.352 e. The number of anilines is 1. The molecule has 5 nitrogen and oxygen atoms in total. The van der Waals surface area contributed by atoms with Crippen molar-refractivity contribution in [2.45, 2.75) is 58.8 Å². The van der Waals surface area contributed by atoms with Gasteiger partial charge in [-0.1, -0.05) is 68.5 Å². The summed E-state index contributed by atoms with van der Waals surface area (Å²) in [7, 11) is 0. The number of hydrogen-bond donors (Lipinski definition) is 2. The Kier molecular flexibility index (Phi) is 9.07. The molecule has 3 aromatic carbocycles. The third-order valence-electron chi connectivity index (χ3n) is 9.22. The number of carbonyl (C=O) groups excluding carboxylic acids is 1. The first-order chi connectivity index (χ1) is 21.1. The standard InChI is InChI=1S/C39H46N4O/c1-7-42-33-16-11-9-14-31(33)38(3,4)35(42)24-22-29(28-18-20-30(21-19-28)37(44)41-27-13-26-40)23-25-36-39(5,6)32-15-10-12-17-34(32)43(36)8-2/h9-12,14-25H,7-8,13,26-27,40H2,1-6H3/p+1. The van der Waals surface area contributed by atoms with Crippen LogP contribution in [0.2, 0.25) is 0 Å². The molecule has 0 unspecified atom stereocenters. The Morgan fingerprint density at radius 3 is 2.23 bits per heavy atom. The summed E-state index contributed by atoms with van der Waals surface area (Å²) in [6, 6.07) is 25.4. The number of likely N-dealkylation sites (N-methyl/N-ethyl adjacent to an activating group) is 1. The third-order valence-corrected chi connectivity index (χ3v) is 9.22. The Balaban J connectivity index is 1.57. The fourth-order valence-corrected chi connectivity index (χ4v) is 6.77. The maximum Gasteiger partial charge on any atom is 0.251 e. The zero-order chi connectivity index (χ0) is 31.5. The van der Waals surface area contributed by atoms with Crippen LogP contribution in [0.15, 0.2) is 103 Å². The molecule has 5 rings (SSSR count). The second-order valence-electron chi connectivity index (χ2n) is 12.6. The molecule has 0 spiro atoms. The third kappa shape index (κ3) is 5.69. The summed E-state index contributed by atoms with van der Waals surface area (Å²) in [5.41, 5.74) is 16.0. The number of carbonyl (C=O) groups is 1. The van der Waals surface area contributed by atoms with E-state index < -0.39 is 0 Å². The molecule has 2 aliphatic heterocycles. The molecule has 5 heteroatoms. The van der Waals surface area contributed by atoms with Crippen LogP contribution in [0.5, 0.6) is 0 Å². The SMILES string of the molecule is CCN1/C(=C/C=C(/C=C/C2=[N+](CC)c3ccccc3C2(C)C)c2ccc(C(=O)NCCCN)cc2)C(C)(C)c2ccccc21. The van der Waals surface area contributed by atoms with Gasteiger partial charge in [0.1, 0.15) is 6.54 Å². The Labute approximate surface area is 263 Å². The number of fused-ring (bicyclic) bond motifs is 2. The number of benzene rings is 3. The first kappa shape index (κ1) is 31.2. The lowest BCUT2D eigenvalue weighted by Crippen LogP contribution is -2.27. The van der Waals surface area contributed by atoms with Crippen molar-refractivity contribution < 1.29 is 9.37 Å². The van der Waals surface area contributed by atoms with Gasteiger partial charge >= 0.3 is 0 Å². The van der Waals surface area contributed by atoms with Gasteiger partial charge in [-0.15, -0.1) is 0 Å². The fraction of sp³-hybridized carbons (Fsp3) is 0.333. The number of nitrogens with zero attached hydrogens (tertiary/aromatic N) is 2. The van der Waals surface area contributed by atoms with E-state index in [0.717, 1.165) is 30.6 Å². The van der Waals surface area contributed by atoms with Crippen molar-refractivity contribution in [1.29, 1.82) is 0 Å². The minimum absolute atomic E-state index is 0.0724. The zero-order valence-electron chi connectivity index (χ0n) is 27.2. The normalized spacial score (nSPS) is 17.8.